The molecule has 2 aromatic heterocycles. The van der Waals surface area contributed by atoms with Crippen LogP contribution in [0.15, 0.2) is 61.3 Å². The van der Waals surface area contributed by atoms with Crippen LogP contribution in [0.3, 0.4) is 0 Å². The molecule has 6 nitrogen and oxygen atoms in total. The maximum atomic E-state index is 5.89. The van der Waals surface area contributed by atoms with Gasteiger partial charge in [-0.3, -0.25) is 4.98 Å². The number of pyridine rings is 1. The fraction of sp³-hybridized carbons (Fsp3) is 0.429. The van der Waals surface area contributed by atoms with Gasteiger partial charge in [0.2, 0.25) is 0 Å². The fourth-order valence-corrected chi connectivity index (χ4v) is 8.16. The van der Waals surface area contributed by atoms with Crippen molar-refractivity contribution < 1.29 is 13.6 Å². The van der Waals surface area contributed by atoms with Gasteiger partial charge < -0.3 is 0 Å². The molecule has 2 heterocycles. The molecule has 0 bridgehead atoms. The number of benzene rings is 1. The minimum atomic E-state index is -3.42. The molecular weight excluding hydrogens is 373 g/mol. The second kappa shape index (κ2) is 9.57. The molecular formula is C21H32N3O3P. The Bertz CT molecular complexity index is 774. The number of nitrogens with zero attached hydrogens (tertiary/aromatic N) is 3. The van der Waals surface area contributed by atoms with Gasteiger partial charge in [-0.25, -0.2) is 0 Å². The number of hydrogen-bond donors (Lipinski definition) is 0. The van der Waals surface area contributed by atoms with Crippen LogP contribution in [0.4, 0.5) is 0 Å². The molecule has 0 saturated heterocycles. The van der Waals surface area contributed by atoms with Gasteiger partial charge >= 0.3 is 109 Å². The fourth-order valence-electron chi connectivity index (χ4n) is 3.84. The van der Waals surface area contributed by atoms with Gasteiger partial charge in [0, 0.05) is 11.6 Å². The Labute approximate surface area is 168 Å². The van der Waals surface area contributed by atoms with Gasteiger partial charge in [0.15, 0.2) is 0 Å². The van der Waals surface area contributed by atoms with Crippen LogP contribution in [0.1, 0.15) is 27.2 Å². The van der Waals surface area contributed by atoms with E-state index in [4.69, 9.17) is 13.6 Å². The van der Waals surface area contributed by atoms with Crippen molar-refractivity contribution in [2.75, 3.05) is 21.3 Å². The number of imidazole rings is 1. The summed E-state index contributed by atoms with van der Waals surface area (Å²) in [7, 11) is 1.53. The predicted molar refractivity (Wildman–Crippen MR) is 116 cm³/mol. The van der Waals surface area contributed by atoms with Crippen LogP contribution in [0.25, 0.3) is 10.9 Å². The smallest absolute Gasteiger partial charge is 0.0701 e. The summed E-state index contributed by atoms with van der Waals surface area (Å²) >= 11 is 0. The minimum absolute atomic E-state index is 0.144. The van der Waals surface area contributed by atoms with Crippen molar-refractivity contribution in [1.29, 1.82) is 0 Å². The summed E-state index contributed by atoms with van der Waals surface area (Å²) in [5, 5.41) is 1.20. The van der Waals surface area contributed by atoms with Crippen LogP contribution in [0.2, 0.25) is 0 Å². The molecule has 3 rings (SSSR count). The molecule has 0 spiro atoms. The standard InChI is InChI=1S/C12H25N2O3P.C9H7N/c1-7-12(11(2)3)18(15-4,16-5,17-6)14-9-8-13-10-14;1-2-6-9-8(4-1)5-3-7-10-9/h8-12H,7H2,1-6H3;1-7H. The van der Waals surface area contributed by atoms with Crippen molar-refractivity contribution in [3.63, 3.8) is 0 Å². The second-order valence-corrected chi connectivity index (χ2v) is 10.8. The van der Waals surface area contributed by atoms with Crippen LogP contribution in [0.5, 0.6) is 0 Å². The third-order valence-corrected chi connectivity index (χ3v) is 10.3. The molecule has 0 aliphatic carbocycles. The largest absolute Gasteiger partial charge is 0.256 e. The minimum Gasteiger partial charge on any atom is -0.256 e. The third kappa shape index (κ3) is 3.96. The maximum Gasteiger partial charge on any atom is 0.0701 e. The summed E-state index contributed by atoms with van der Waals surface area (Å²) in [5.41, 5.74) is 1.20. The number of fused-ring (bicyclic) bond motifs is 1. The first kappa shape index (κ1) is 22.4. The summed E-state index contributed by atoms with van der Waals surface area (Å²) in [6, 6.07) is 12.1. The Hall–Kier alpha value is -1.85. The number of hydrogen-bond acceptors (Lipinski definition) is 5. The van der Waals surface area contributed by atoms with Crippen molar-refractivity contribution >= 4 is 18.3 Å². The molecule has 3 aromatic rings. The molecule has 0 aliphatic rings. The van der Waals surface area contributed by atoms with Crippen molar-refractivity contribution in [3.8, 4) is 0 Å². The van der Waals surface area contributed by atoms with E-state index in [9.17, 15) is 0 Å². The molecule has 0 fully saturated rings. The van der Waals surface area contributed by atoms with Gasteiger partial charge in [-0.2, -0.15) is 0 Å². The summed E-state index contributed by atoms with van der Waals surface area (Å²) in [5.74, 6) is 0.370. The molecule has 154 valence electrons. The summed E-state index contributed by atoms with van der Waals surface area (Å²) in [4.78, 5) is 8.29. The molecule has 1 atom stereocenters. The topological polar surface area (TPSA) is 58.4 Å². The first-order valence-electron chi connectivity index (χ1n) is 9.46. The van der Waals surface area contributed by atoms with E-state index in [1.54, 1.807) is 33.9 Å². The quantitative estimate of drug-likeness (QED) is 0.482. The van der Waals surface area contributed by atoms with E-state index in [2.05, 4.69) is 42.9 Å². The van der Waals surface area contributed by atoms with Crippen molar-refractivity contribution in [2.24, 2.45) is 5.92 Å². The third-order valence-electron chi connectivity index (χ3n) is 5.17. The normalized spacial score (nSPS) is 14.2. The first-order valence-corrected chi connectivity index (χ1v) is 11.5. The van der Waals surface area contributed by atoms with Gasteiger partial charge in [-0.15, -0.1) is 0 Å². The zero-order valence-corrected chi connectivity index (χ0v) is 18.5. The van der Waals surface area contributed by atoms with E-state index in [0.29, 0.717) is 5.92 Å². The number of rotatable bonds is 7. The molecule has 0 N–H and O–H groups in total. The Kier molecular flexibility index (Phi) is 7.67. The molecule has 0 amide bonds. The van der Waals surface area contributed by atoms with E-state index in [0.717, 1.165) is 11.9 Å². The van der Waals surface area contributed by atoms with E-state index < -0.39 is 7.43 Å². The van der Waals surface area contributed by atoms with Crippen molar-refractivity contribution in [3.05, 3.63) is 61.3 Å². The molecule has 0 radical (unpaired) electrons. The Morgan fingerprint density at radius 2 is 1.61 bits per heavy atom. The van der Waals surface area contributed by atoms with Crippen molar-refractivity contribution in [2.45, 2.75) is 32.9 Å². The van der Waals surface area contributed by atoms with Gasteiger partial charge in [0.1, 0.15) is 0 Å². The SMILES string of the molecule is CCC(C(C)C)P(OC)(OC)(OC)n1ccnc1.c1ccc2ncccc2c1. The van der Waals surface area contributed by atoms with Crippen LogP contribution in [-0.2, 0) is 13.6 Å². The summed E-state index contributed by atoms with van der Waals surface area (Å²) in [6.45, 7) is 6.44. The molecule has 0 aliphatic heterocycles. The zero-order chi connectivity index (χ0) is 20.6. The molecule has 28 heavy (non-hydrogen) atoms. The average Bonchev–Trinajstić information content (AvgIpc) is 3.29. The summed E-state index contributed by atoms with van der Waals surface area (Å²) < 4.78 is 19.5. The van der Waals surface area contributed by atoms with E-state index in [1.807, 2.05) is 41.0 Å². The first-order chi connectivity index (χ1) is 13.5. The van der Waals surface area contributed by atoms with Gasteiger partial charge in [0.05, 0.1) is 5.52 Å². The number of aromatic nitrogens is 3. The van der Waals surface area contributed by atoms with Gasteiger partial charge in [-0.05, 0) is 12.1 Å². The molecule has 1 aromatic carbocycles. The second-order valence-electron chi connectivity index (χ2n) is 6.81. The van der Waals surface area contributed by atoms with Crippen LogP contribution in [0, 0.1) is 5.92 Å². The zero-order valence-electron chi connectivity index (χ0n) is 17.6. The molecule has 1 unspecified atom stereocenters. The van der Waals surface area contributed by atoms with E-state index in [1.165, 1.54) is 5.39 Å². The van der Waals surface area contributed by atoms with Gasteiger partial charge in [0.25, 0.3) is 0 Å². The Morgan fingerprint density at radius 3 is 2.11 bits per heavy atom. The predicted octanol–water partition coefficient (Wildman–Crippen LogP) is 5.55. The van der Waals surface area contributed by atoms with E-state index >= 15 is 0 Å². The van der Waals surface area contributed by atoms with Crippen LogP contribution in [-0.4, -0.2) is 41.3 Å². The summed E-state index contributed by atoms with van der Waals surface area (Å²) in [6.07, 6.45) is 7.98. The maximum absolute atomic E-state index is 5.89. The number of para-hydroxylation sites is 1. The molecule has 7 heteroatoms. The molecule has 0 saturated carbocycles. The van der Waals surface area contributed by atoms with E-state index in [-0.39, 0.29) is 5.66 Å². The van der Waals surface area contributed by atoms with Gasteiger partial charge in [-0.1, -0.05) is 24.3 Å². The Morgan fingerprint density at radius 1 is 0.964 bits per heavy atom. The monoisotopic (exact) mass is 405 g/mol. The van der Waals surface area contributed by atoms with Crippen LogP contribution < -0.4 is 0 Å². The van der Waals surface area contributed by atoms with Crippen molar-refractivity contribution in [1.82, 2.24) is 14.3 Å². The van der Waals surface area contributed by atoms with Crippen LogP contribution >= 0.6 is 7.43 Å². The average molecular weight is 405 g/mol. The Balaban J connectivity index is 0.000000233.